The van der Waals surface area contributed by atoms with E-state index in [-0.39, 0.29) is 11.8 Å². The molecule has 37 heavy (non-hydrogen) atoms. The number of carbonyl (C=O) groups is 2. The van der Waals surface area contributed by atoms with E-state index in [9.17, 15) is 9.59 Å². The quantitative estimate of drug-likeness (QED) is 0.300. The van der Waals surface area contributed by atoms with E-state index in [4.69, 9.17) is 9.47 Å². The molecule has 0 N–H and O–H groups in total. The van der Waals surface area contributed by atoms with Crippen molar-refractivity contribution in [3.63, 3.8) is 0 Å². The molecule has 1 aliphatic rings. The normalized spacial score (nSPS) is 15.4. The number of methoxy groups -OCH3 is 1. The highest BCUT2D eigenvalue weighted by Crippen LogP contribution is 2.27. The van der Waals surface area contributed by atoms with Crippen LogP contribution in [0.4, 0.5) is 11.4 Å². The van der Waals surface area contributed by atoms with Crippen LogP contribution in [0.1, 0.15) is 24.0 Å². The van der Waals surface area contributed by atoms with Gasteiger partial charge in [-0.2, -0.15) is 0 Å². The lowest BCUT2D eigenvalue weighted by Gasteiger charge is -2.30. The number of ether oxygens (including phenoxy) is 2. The first kappa shape index (κ1) is 26.2. The number of hydrogen-bond donors (Lipinski definition) is 0. The molecule has 1 amide bonds. The first-order valence-electron chi connectivity index (χ1n) is 12.6. The third-order valence-electron chi connectivity index (χ3n) is 6.58. The number of anilines is 2. The van der Waals surface area contributed by atoms with Gasteiger partial charge in [-0.05, 0) is 65.4 Å². The average Bonchev–Trinajstić information content (AvgIpc) is 2.95. The Morgan fingerprint density at radius 2 is 1.68 bits per heavy atom. The summed E-state index contributed by atoms with van der Waals surface area (Å²) in [6, 6.07) is 24.4. The molecular weight excluding hydrogens is 464 g/mol. The van der Waals surface area contributed by atoms with Gasteiger partial charge in [0.05, 0.1) is 26.2 Å². The number of rotatable bonds is 8. The van der Waals surface area contributed by atoms with Crippen molar-refractivity contribution in [3.05, 3.63) is 90.0 Å². The van der Waals surface area contributed by atoms with E-state index < -0.39 is 5.97 Å². The summed E-state index contributed by atoms with van der Waals surface area (Å²) in [4.78, 5) is 29.1. The second-order valence-electron chi connectivity index (χ2n) is 9.43. The number of benzene rings is 3. The van der Waals surface area contributed by atoms with E-state index in [1.54, 1.807) is 6.08 Å². The molecule has 3 aromatic carbocycles. The van der Waals surface area contributed by atoms with Crippen molar-refractivity contribution in [2.45, 2.75) is 19.4 Å². The second kappa shape index (κ2) is 12.4. The number of carbonyl (C=O) groups excluding carboxylic acids is 2. The molecular formula is C31H34N2O4. The van der Waals surface area contributed by atoms with Crippen LogP contribution in [0.15, 0.2) is 78.9 Å². The predicted molar refractivity (Wildman–Crippen MR) is 148 cm³/mol. The molecule has 4 rings (SSSR count). The monoisotopic (exact) mass is 498 g/mol. The van der Waals surface area contributed by atoms with Gasteiger partial charge in [0.1, 0.15) is 0 Å². The standard InChI is InChI=1S/C31H34N2O4/c1-32(2)28-16-14-26(15-17-28)25-12-9-24(10-13-25)21-33(31(35)27-7-5-19-37-22-27)29-8-4-6-23(20-29)11-18-30(34)36-3/h4,6,8-18,20,27H,5,7,19,21-22H2,1-3H3/b18-11+. The van der Waals surface area contributed by atoms with E-state index in [2.05, 4.69) is 53.4 Å². The maximum atomic E-state index is 13.7. The first-order valence-corrected chi connectivity index (χ1v) is 12.6. The van der Waals surface area contributed by atoms with Crippen LogP contribution in [0.5, 0.6) is 0 Å². The van der Waals surface area contributed by atoms with E-state index in [0.717, 1.165) is 46.5 Å². The molecule has 0 radical (unpaired) electrons. The maximum absolute atomic E-state index is 13.7. The zero-order valence-corrected chi connectivity index (χ0v) is 21.7. The third kappa shape index (κ3) is 6.86. The Hall–Kier alpha value is -3.90. The van der Waals surface area contributed by atoms with Gasteiger partial charge in [-0.3, -0.25) is 4.79 Å². The van der Waals surface area contributed by atoms with Crippen LogP contribution < -0.4 is 9.80 Å². The van der Waals surface area contributed by atoms with E-state index >= 15 is 0 Å². The molecule has 0 bridgehead atoms. The van der Waals surface area contributed by atoms with Crippen molar-refractivity contribution < 1.29 is 19.1 Å². The van der Waals surface area contributed by atoms with E-state index in [0.29, 0.717) is 19.8 Å². The molecule has 192 valence electrons. The van der Waals surface area contributed by atoms with Crippen molar-refractivity contribution in [3.8, 4) is 11.1 Å². The summed E-state index contributed by atoms with van der Waals surface area (Å²) in [6.07, 6.45) is 4.77. The zero-order valence-electron chi connectivity index (χ0n) is 21.7. The van der Waals surface area contributed by atoms with Gasteiger partial charge in [-0.1, -0.05) is 48.5 Å². The zero-order chi connectivity index (χ0) is 26.2. The van der Waals surface area contributed by atoms with Crippen molar-refractivity contribution >= 4 is 29.3 Å². The van der Waals surface area contributed by atoms with Crippen LogP contribution in [0.3, 0.4) is 0 Å². The molecule has 0 saturated carbocycles. The lowest BCUT2D eigenvalue weighted by molar-refractivity contribution is -0.134. The van der Waals surface area contributed by atoms with Crippen LogP contribution in [0.25, 0.3) is 17.2 Å². The summed E-state index contributed by atoms with van der Waals surface area (Å²) in [5.74, 6) is -0.538. The minimum atomic E-state index is -0.422. The Kier molecular flexibility index (Phi) is 8.75. The minimum Gasteiger partial charge on any atom is -0.466 e. The highest BCUT2D eigenvalue weighted by atomic mass is 16.5. The van der Waals surface area contributed by atoms with Gasteiger partial charge in [0.2, 0.25) is 5.91 Å². The minimum absolute atomic E-state index is 0.0529. The van der Waals surface area contributed by atoms with Crippen LogP contribution in [0, 0.1) is 5.92 Å². The molecule has 1 unspecified atom stereocenters. The summed E-state index contributed by atoms with van der Waals surface area (Å²) in [6.45, 7) is 1.59. The van der Waals surface area contributed by atoms with Gasteiger partial charge < -0.3 is 19.3 Å². The molecule has 1 fully saturated rings. The topological polar surface area (TPSA) is 59.1 Å². The Morgan fingerprint density at radius 3 is 2.30 bits per heavy atom. The van der Waals surface area contributed by atoms with Gasteiger partial charge in [0.15, 0.2) is 0 Å². The summed E-state index contributed by atoms with van der Waals surface area (Å²) >= 11 is 0. The molecule has 6 nitrogen and oxygen atoms in total. The Labute approximate surface area is 219 Å². The highest BCUT2D eigenvalue weighted by molar-refractivity contribution is 5.95. The van der Waals surface area contributed by atoms with E-state index in [1.165, 1.54) is 13.2 Å². The average molecular weight is 499 g/mol. The molecule has 1 atom stereocenters. The smallest absolute Gasteiger partial charge is 0.330 e. The molecule has 6 heteroatoms. The first-order chi connectivity index (χ1) is 17.9. The Bertz CT molecular complexity index is 1230. The van der Waals surface area contributed by atoms with Crippen molar-refractivity contribution in [2.75, 3.05) is 44.2 Å². The number of amides is 1. The highest BCUT2D eigenvalue weighted by Gasteiger charge is 2.28. The molecule has 1 aliphatic heterocycles. The van der Waals surface area contributed by atoms with Gasteiger partial charge in [0.25, 0.3) is 0 Å². The number of hydrogen-bond acceptors (Lipinski definition) is 5. The lowest BCUT2D eigenvalue weighted by atomic mass is 9.99. The molecule has 0 aliphatic carbocycles. The number of nitrogens with zero attached hydrogens (tertiary/aromatic N) is 2. The summed E-state index contributed by atoms with van der Waals surface area (Å²) in [7, 11) is 5.41. The fourth-order valence-electron chi connectivity index (χ4n) is 4.42. The van der Waals surface area contributed by atoms with Gasteiger partial charge in [-0.15, -0.1) is 0 Å². The molecule has 0 spiro atoms. The van der Waals surface area contributed by atoms with Gasteiger partial charge in [-0.25, -0.2) is 4.79 Å². The third-order valence-corrected chi connectivity index (χ3v) is 6.58. The van der Waals surface area contributed by atoms with Crippen LogP contribution in [-0.2, 0) is 25.6 Å². The lowest BCUT2D eigenvalue weighted by Crippen LogP contribution is -2.39. The van der Waals surface area contributed by atoms with Crippen LogP contribution >= 0.6 is 0 Å². The van der Waals surface area contributed by atoms with E-state index in [1.807, 2.05) is 43.3 Å². The summed E-state index contributed by atoms with van der Waals surface area (Å²) in [5, 5.41) is 0. The molecule has 3 aromatic rings. The maximum Gasteiger partial charge on any atom is 0.330 e. The van der Waals surface area contributed by atoms with Crippen LogP contribution in [-0.4, -0.2) is 46.3 Å². The Morgan fingerprint density at radius 1 is 0.973 bits per heavy atom. The fourth-order valence-corrected chi connectivity index (χ4v) is 4.42. The molecule has 1 saturated heterocycles. The molecule has 1 heterocycles. The van der Waals surface area contributed by atoms with Gasteiger partial charge >= 0.3 is 5.97 Å². The largest absolute Gasteiger partial charge is 0.466 e. The predicted octanol–water partition coefficient (Wildman–Crippen LogP) is 5.57. The SMILES string of the molecule is COC(=O)/C=C/c1cccc(N(Cc2ccc(-c3ccc(N(C)C)cc3)cc2)C(=O)C2CCCOC2)c1. The number of esters is 1. The Balaban J connectivity index is 1.58. The van der Waals surface area contributed by atoms with Crippen LogP contribution in [0.2, 0.25) is 0 Å². The fraction of sp³-hybridized carbons (Fsp3) is 0.290. The van der Waals surface area contributed by atoms with Crippen molar-refractivity contribution in [1.82, 2.24) is 0 Å². The molecule has 0 aromatic heterocycles. The summed E-state index contributed by atoms with van der Waals surface area (Å²) in [5.41, 5.74) is 6.07. The second-order valence-corrected chi connectivity index (χ2v) is 9.43. The van der Waals surface area contributed by atoms with Crippen molar-refractivity contribution in [1.29, 1.82) is 0 Å². The van der Waals surface area contributed by atoms with Crippen molar-refractivity contribution in [2.24, 2.45) is 5.92 Å². The van der Waals surface area contributed by atoms with Gasteiger partial charge in [0, 0.05) is 38.2 Å². The summed E-state index contributed by atoms with van der Waals surface area (Å²) < 4.78 is 10.3.